The highest BCUT2D eigenvalue weighted by molar-refractivity contribution is 5.76. The summed E-state index contributed by atoms with van der Waals surface area (Å²) in [4.78, 5) is 72.4. The zero-order valence-electron chi connectivity index (χ0n) is 22.6. The largest absolute Gasteiger partial charge is 0.477 e. The van der Waals surface area contributed by atoms with Gasteiger partial charge in [-0.05, 0) is 20.8 Å². The molecule has 0 aromatic carbocycles. The van der Waals surface area contributed by atoms with Gasteiger partial charge < -0.3 is 43.6 Å². The van der Waals surface area contributed by atoms with E-state index in [4.69, 9.17) is 33.2 Å². The van der Waals surface area contributed by atoms with E-state index in [0.29, 0.717) is 0 Å². The molecule has 216 valence electrons. The summed E-state index contributed by atoms with van der Waals surface area (Å²) in [6.07, 6.45) is -8.01. The maximum atomic E-state index is 12.7. The van der Waals surface area contributed by atoms with Crippen LogP contribution in [0.5, 0.6) is 0 Å². The average Bonchev–Trinajstić information content (AvgIpc) is 2.74. The van der Waals surface area contributed by atoms with Crippen molar-refractivity contribution in [2.45, 2.75) is 96.7 Å². The van der Waals surface area contributed by atoms with E-state index in [2.05, 4.69) is 5.32 Å². The molecule has 1 saturated heterocycles. The topological polar surface area (TPSA) is 199 Å². The molecular formula is C23H35NO14. The van der Waals surface area contributed by atoms with E-state index in [1.807, 2.05) is 0 Å². The number of alkyl carbamates (subject to hydrolysis) is 1. The first-order chi connectivity index (χ1) is 17.4. The minimum Gasteiger partial charge on any atom is -0.477 e. The third-order valence-corrected chi connectivity index (χ3v) is 4.97. The molecule has 0 unspecified atom stereocenters. The highest BCUT2D eigenvalue weighted by Crippen LogP contribution is 2.36. The standard InChI is InChI=1S/C23H35NO14/c1-11(25)33-10-16(35-13(3)27)18(36-14(4)28)19-17(24-21(31)38-22(5,6)7)15(34-12(2)26)9-23(32-8,37-19)20(29)30/h15-19H,9-10H2,1-8H3,(H,24,31)(H,29,30)/t15-,16+,17+,18+,19+,23+/m0/s1. The highest BCUT2D eigenvalue weighted by atomic mass is 16.7. The molecule has 15 heteroatoms. The Hall–Kier alpha value is -3.46. The smallest absolute Gasteiger partial charge is 0.408 e. The predicted octanol–water partition coefficient (Wildman–Crippen LogP) is 0.454. The summed E-state index contributed by atoms with van der Waals surface area (Å²) in [5.41, 5.74) is -0.964. The Balaban J connectivity index is 3.75. The first-order valence-corrected chi connectivity index (χ1v) is 11.5. The quantitative estimate of drug-likeness (QED) is 0.281. The lowest BCUT2D eigenvalue weighted by Crippen LogP contribution is -2.69. The van der Waals surface area contributed by atoms with E-state index in [-0.39, 0.29) is 0 Å². The molecule has 0 bridgehead atoms. The number of aliphatic carboxylic acids is 1. The van der Waals surface area contributed by atoms with Gasteiger partial charge in [0.15, 0.2) is 12.2 Å². The van der Waals surface area contributed by atoms with E-state index < -0.39 is 90.8 Å². The van der Waals surface area contributed by atoms with Gasteiger partial charge in [-0.1, -0.05) is 0 Å². The van der Waals surface area contributed by atoms with Gasteiger partial charge >= 0.3 is 35.9 Å². The van der Waals surface area contributed by atoms with Crippen molar-refractivity contribution in [2.75, 3.05) is 13.7 Å². The Morgan fingerprint density at radius 3 is 1.97 bits per heavy atom. The molecular weight excluding hydrogens is 514 g/mol. The van der Waals surface area contributed by atoms with Crippen molar-refractivity contribution < 1.29 is 67.0 Å². The van der Waals surface area contributed by atoms with Crippen molar-refractivity contribution in [1.29, 1.82) is 0 Å². The van der Waals surface area contributed by atoms with Crippen LogP contribution in [0.4, 0.5) is 4.79 Å². The zero-order valence-corrected chi connectivity index (χ0v) is 22.6. The number of ether oxygens (including phenoxy) is 7. The van der Waals surface area contributed by atoms with Gasteiger partial charge in [0.05, 0.1) is 12.5 Å². The number of methoxy groups -OCH3 is 1. The third-order valence-electron chi connectivity index (χ3n) is 4.97. The predicted molar refractivity (Wildman–Crippen MR) is 123 cm³/mol. The monoisotopic (exact) mass is 549 g/mol. The lowest BCUT2D eigenvalue weighted by atomic mass is 9.88. The van der Waals surface area contributed by atoms with Crippen LogP contribution in [-0.2, 0) is 57.1 Å². The Labute approximate surface area is 219 Å². The first kappa shape index (κ1) is 32.6. The summed E-state index contributed by atoms with van der Waals surface area (Å²) in [5.74, 6) is -7.52. The van der Waals surface area contributed by atoms with Crippen molar-refractivity contribution in [3.05, 3.63) is 0 Å². The maximum absolute atomic E-state index is 12.7. The molecule has 2 N–H and O–H groups in total. The molecule has 1 rings (SSSR count). The Morgan fingerprint density at radius 2 is 1.55 bits per heavy atom. The fraction of sp³-hybridized carbons (Fsp3) is 0.739. The molecule has 1 aliphatic rings. The Morgan fingerprint density at radius 1 is 0.974 bits per heavy atom. The van der Waals surface area contributed by atoms with Crippen LogP contribution in [0, 0.1) is 0 Å². The van der Waals surface area contributed by atoms with Crippen molar-refractivity contribution in [2.24, 2.45) is 0 Å². The molecule has 38 heavy (non-hydrogen) atoms. The summed E-state index contributed by atoms with van der Waals surface area (Å²) in [6, 6.07) is -1.43. The van der Waals surface area contributed by atoms with Crippen LogP contribution in [0.3, 0.4) is 0 Å². The molecule has 1 aliphatic heterocycles. The van der Waals surface area contributed by atoms with Gasteiger partial charge in [0.1, 0.15) is 24.4 Å². The fourth-order valence-electron chi connectivity index (χ4n) is 3.67. The summed E-state index contributed by atoms with van der Waals surface area (Å²) in [7, 11) is 1.01. The van der Waals surface area contributed by atoms with Crippen LogP contribution in [-0.4, -0.2) is 96.6 Å². The molecule has 0 aromatic rings. The normalized spacial score (nSPS) is 24.7. The first-order valence-electron chi connectivity index (χ1n) is 11.5. The molecule has 6 atom stereocenters. The number of esters is 4. The number of amides is 1. The van der Waals surface area contributed by atoms with Crippen molar-refractivity contribution >= 4 is 35.9 Å². The van der Waals surface area contributed by atoms with Crippen molar-refractivity contribution in [3.8, 4) is 0 Å². The second-order valence-electron chi connectivity index (χ2n) is 9.39. The molecule has 1 amide bonds. The van der Waals surface area contributed by atoms with Crippen LogP contribution in [0.2, 0.25) is 0 Å². The number of nitrogens with one attached hydrogen (secondary N) is 1. The van der Waals surface area contributed by atoms with Gasteiger partial charge in [-0.2, -0.15) is 0 Å². The molecule has 0 radical (unpaired) electrons. The number of hydrogen-bond donors (Lipinski definition) is 2. The van der Waals surface area contributed by atoms with Crippen LogP contribution in [0.25, 0.3) is 0 Å². The summed E-state index contributed by atoms with van der Waals surface area (Å²) >= 11 is 0. The van der Waals surface area contributed by atoms with Crippen LogP contribution < -0.4 is 5.32 Å². The zero-order chi connectivity index (χ0) is 29.4. The van der Waals surface area contributed by atoms with E-state index in [1.165, 1.54) is 0 Å². The minimum atomic E-state index is -2.46. The molecule has 0 saturated carbocycles. The molecule has 0 aliphatic carbocycles. The Kier molecular flexibility index (Phi) is 11.5. The van der Waals surface area contributed by atoms with Crippen LogP contribution >= 0.6 is 0 Å². The molecule has 1 heterocycles. The van der Waals surface area contributed by atoms with Gasteiger partial charge in [-0.25, -0.2) is 9.59 Å². The van der Waals surface area contributed by atoms with Crippen molar-refractivity contribution in [3.63, 3.8) is 0 Å². The van der Waals surface area contributed by atoms with Gasteiger partial charge in [-0.3, -0.25) is 19.2 Å². The third kappa shape index (κ3) is 9.78. The lowest BCUT2D eigenvalue weighted by molar-refractivity contribution is -0.306. The molecule has 15 nitrogen and oxygen atoms in total. The average molecular weight is 550 g/mol. The van der Waals surface area contributed by atoms with Gasteiger partial charge in [-0.15, -0.1) is 0 Å². The number of carboxylic acids is 1. The van der Waals surface area contributed by atoms with Gasteiger partial charge in [0.25, 0.3) is 5.79 Å². The summed E-state index contributed by atoms with van der Waals surface area (Å²) < 4.78 is 37.0. The molecule has 0 aromatic heterocycles. The van der Waals surface area contributed by atoms with E-state index in [1.54, 1.807) is 20.8 Å². The fourth-order valence-corrected chi connectivity index (χ4v) is 3.67. The molecule has 0 spiro atoms. The number of carbonyl (C=O) groups is 6. The van der Waals surface area contributed by atoms with Crippen LogP contribution in [0.15, 0.2) is 0 Å². The summed E-state index contributed by atoms with van der Waals surface area (Å²) in [6.45, 7) is 8.28. The summed E-state index contributed by atoms with van der Waals surface area (Å²) in [5, 5.41) is 12.4. The number of carbonyl (C=O) groups excluding carboxylic acids is 5. The second-order valence-corrected chi connectivity index (χ2v) is 9.39. The number of rotatable bonds is 10. The minimum absolute atomic E-state index is 0.607. The lowest BCUT2D eigenvalue weighted by Gasteiger charge is -2.47. The maximum Gasteiger partial charge on any atom is 0.408 e. The van der Waals surface area contributed by atoms with Crippen LogP contribution in [0.1, 0.15) is 54.9 Å². The number of hydrogen-bond acceptors (Lipinski definition) is 13. The highest BCUT2D eigenvalue weighted by Gasteiger charge is 2.58. The van der Waals surface area contributed by atoms with E-state index in [0.717, 1.165) is 34.8 Å². The van der Waals surface area contributed by atoms with Gasteiger partial charge in [0.2, 0.25) is 0 Å². The van der Waals surface area contributed by atoms with E-state index >= 15 is 0 Å². The Bertz CT molecular complexity index is 912. The van der Waals surface area contributed by atoms with Gasteiger partial charge in [0, 0.05) is 34.8 Å². The SMILES string of the molecule is CO[C@]1(C(=O)O)C[C@H](OC(C)=O)[C@@H](NC(=O)OC(C)(C)C)[C@H]([C@H](OC(C)=O)[C@@H](COC(C)=O)OC(C)=O)O1. The second kappa shape index (κ2) is 13.4. The number of carboxylic acid groups (broad SMARTS) is 1. The van der Waals surface area contributed by atoms with E-state index in [9.17, 15) is 33.9 Å². The molecule has 1 fully saturated rings. The van der Waals surface area contributed by atoms with Crippen molar-refractivity contribution in [1.82, 2.24) is 5.32 Å².